The largest absolute Gasteiger partial charge is 0.347 e. The van der Waals surface area contributed by atoms with Gasteiger partial charge in [0.05, 0.1) is 18.6 Å². The highest BCUT2D eigenvalue weighted by Gasteiger charge is 2.05. The fourth-order valence-corrected chi connectivity index (χ4v) is 2.02. The van der Waals surface area contributed by atoms with Gasteiger partial charge >= 0.3 is 0 Å². The van der Waals surface area contributed by atoms with Crippen LogP contribution in [0.1, 0.15) is 20.8 Å². The van der Waals surface area contributed by atoms with Gasteiger partial charge in [-0.2, -0.15) is 0 Å². The van der Waals surface area contributed by atoms with Crippen LogP contribution >= 0.6 is 11.3 Å². The first-order valence-electron chi connectivity index (χ1n) is 5.74. The number of amides is 1. The van der Waals surface area contributed by atoms with Crippen molar-refractivity contribution in [3.8, 4) is 11.8 Å². The summed E-state index contributed by atoms with van der Waals surface area (Å²) in [6, 6.07) is 7.17. The molecule has 0 radical (unpaired) electrons. The predicted molar refractivity (Wildman–Crippen MR) is 75.7 cm³/mol. The lowest BCUT2D eigenvalue weighted by atomic mass is 10.1. The quantitative estimate of drug-likeness (QED) is 0.829. The number of thiazole rings is 1. The van der Waals surface area contributed by atoms with Crippen molar-refractivity contribution >= 4 is 17.2 Å². The van der Waals surface area contributed by atoms with Crippen molar-refractivity contribution in [2.45, 2.75) is 6.54 Å². The Labute approximate surface area is 115 Å². The van der Waals surface area contributed by atoms with Crippen LogP contribution in [-0.4, -0.2) is 17.4 Å². The monoisotopic (exact) mass is 271 g/mol. The molecule has 2 rings (SSSR count). The number of benzene rings is 1. The molecule has 5 heteroatoms. The summed E-state index contributed by atoms with van der Waals surface area (Å²) in [5.41, 5.74) is 8.44. The van der Waals surface area contributed by atoms with E-state index >= 15 is 0 Å². The Bertz CT molecular complexity index is 611. The Morgan fingerprint density at radius 2 is 2.37 bits per heavy atom. The lowest BCUT2D eigenvalue weighted by Crippen LogP contribution is -2.22. The molecule has 4 nitrogen and oxygen atoms in total. The van der Waals surface area contributed by atoms with Crippen molar-refractivity contribution in [3.05, 3.63) is 52.0 Å². The minimum absolute atomic E-state index is 0.121. The summed E-state index contributed by atoms with van der Waals surface area (Å²) in [5.74, 6) is 5.55. The van der Waals surface area contributed by atoms with Crippen LogP contribution < -0.4 is 11.1 Å². The second-order valence-corrected chi connectivity index (χ2v) is 4.71. The normalized spacial score (nSPS) is 9.53. The first kappa shape index (κ1) is 13.3. The maximum Gasteiger partial charge on any atom is 0.251 e. The Kier molecular flexibility index (Phi) is 4.67. The molecule has 0 aliphatic rings. The average Bonchev–Trinajstić information content (AvgIpc) is 2.96. The molecule has 0 saturated carbocycles. The molecule has 1 aromatic heterocycles. The highest BCUT2D eigenvalue weighted by atomic mass is 32.1. The molecule has 0 unspecified atom stereocenters. The first-order chi connectivity index (χ1) is 9.29. The number of hydrogen-bond donors (Lipinski definition) is 2. The number of carbonyl (C=O) groups excluding carboxylic acids is 1. The Morgan fingerprint density at radius 3 is 3.11 bits per heavy atom. The van der Waals surface area contributed by atoms with E-state index in [1.165, 1.54) is 11.3 Å². The zero-order valence-electron chi connectivity index (χ0n) is 10.2. The maximum absolute atomic E-state index is 12.0. The summed E-state index contributed by atoms with van der Waals surface area (Å²) in [5, 5.41) is 2.84. The number of nitrogens with zero attached hydrogens (tertiary/aromatic N) is 1. The molecular weight excluding hydrogens is 258 g/mol. The summed E-state index contributed by atoms with van der Waals surface area (Å²) < 4.78 is 0. The van der Waals surface area contributed by atoms with Gasteiger partial charge in [0.25, 0.3) is 5.91 Å². The summed E-state index contributed by atoms with van der Waals surface area (Å²) in [7, 11) is 0. The van der Waals surface area contributed by atoms with E-state index in [0.717, 1.165) is 10.4 Å². The molecular formula is C14H13N3OS. The van der Waals surface area contributed by atoms with Gasteiger partial charge in [0.1, 0.15) is 0 Å². The van der Waals surface area contributed by atoms with Gasteiger partial charge in [-0.3, -0.25) is 9.78 Å². The van der Waals surface area contributed by atoms with Crippen LogP contribution in [0.25, 0.3) is 0 Å². The second-order valence-electron chi connectivity index (χ2n) is 3.74. The molecule has 3 N–H and O–H groups in total. The van der Waals surface area contributed by atoms with E-state index in [2.05, 4.69) is 22.1 Å². The molecule has 0 bridgehead atoms. The van der Waals surface area contributed by atoms with Gasteiger partial charge in [0.2, 0.25) is 0 Å². The lowest BCUT2D eigenvalue weighted by molar-refractivity contribution is 0.0951. The van der Waals surface area contributed by atoms with E-state index in [1.807, 2.05) is 12.1 Å². The number of rotatable bonds is 3. The van der Waals surface area contributed by atoms with Crippen LogP contribution in [-0.2, 0) is 6.54 Å². The molecule has 0 saturated heterocycles. The number of nitrogens with two attached hydrogens (primary N) is 1. The molecule has 1 amide bonds. The molecule has 0 atom stereocenters. The minimum atomic E-state index is -0.121. The van der Waals surface area contributed by atoms with Crippen LogP contribution in [0.3, 0.4) is 0 Å². The van der Waals surface area contributed by atoms with Crippen molar-refractivity contribution in [2.24, 2.45) is 5.73 Å². The van der Waals surface area contributed by atoms with E-state index in [1.54, 1.807) is 23.8 Å². The minimum Gasteiger partial charge on any atom is -0.347 e. The highest BCUT2D eigenvalue weighted by Crippen LogP contribution is 2.07. The third-order valence-corrected chi connectivity index (χ3v) is 3.15. The molecule has 0 aliphatic carbocycles. The first-order valence-corrected chi connectivity index (χ1v) is 6.62. The van der Waals surface area contributed by atoms with Gasteiger partial charge in [0, 0.05) is 22.2 Å². The van der Waals surface area contributed by atoms with Crippen molar-refractivity contribution < 1.29 is 4.79 Å². The van der Waals surface area contributed by atoms with Crippen LogP contribution in [0.4, 0.5) is 0 Å². The summed E-state index contributed by atoms with van der Waals surface area (Å²) >= 11 is 1.51. The van der Waals surface area contributed by atoms with Gasteiger partial charge in [-0.05, 0) is 18.2 Å². The Morgan fingerprint density at radius 1 is 1.47 bits per heavy atom. The third kappa shape index (κ3) is 3.91. The predicted octanol–water partition coefficient (Wildman–Crippen LogP) is 1.38. The van der Waals surface area contributed by atoms with E-state index in [4.69, 9.17) is 5.73 Å². The van der Waals surface area contributed by atoms with Crippen LogP contribution in [0.15, 0.2) is 36.0 Å². The maximum atomic E-state index is 12.0. The van der Waals surface area contributed by atoms with Crippen molar-refractivity contribution in [1.29, 1.82) is 0 Å². The number of carbonyl (C=O) groups is 1. The molecule has 0 aliphatic heterocycles. The van der Waals surface area contributed by atoms with E-state index in [9.17, 15) is 4.79 Å². The number of aromatic nitrogens is 1. The fourth-order valence-electron chi connectivity index (χ4n) is 1.49. The molecule has 96 valence electrons. The number of hydrogen-bond acceptors (Lipinski definition) is 4. The smallest absolute Gasteiger partial charge is 0.251 e. The van der Waals surface area contributed by atoms with Crippen LogP contribution in [0.5, 0.6) is 0 Å². The molecule has 19 heavy (non-hydrogen) atoms. The second kappa shape index (κ2) is 6.69. The average molecular weight is 271 g/mol. The molecule has 2 aromatic rings. The van der Waals surface area contributed by atoms with Gasteiger partial charge in [-0.1, -0.05) is 17.9 Å². The van der Waals surface area contributed by atoms with Gasteiger partial charge < -0.3 is 11.1 Å². The fraction of sp³-hybridized carbons (Fsp3) is 0.143. The van der Waals surface area contributed by atoms with Gasteiger partial charge in [-0.15, -0.1) is 11.3 Å². The number of nitrogens with one attached hydrogen (secondary N) is 1. The van der Waals surface area contributed by atoms with Crippen molar-refractivity contribution in [1.82, 2.24) is 10.3 Å². The summed E-state index contributed by atoms with van der Waals surface area (Å²) in [4.78, 5) is 16.9. The van der Waals surface area contributed by atoms with Crippen LogP contribution in [0, 0.1) is 11.8 Å². The SMILES string of the molecule is NCC#Cc1cccc(C(=O)NCc2cncs2)c1. The van der Waals surface area contributed by atoms with Crippen LogP contribution in [0.2, 0.25) is 0 Å². The van der Waals surface area contributed by atoms with Crippen molar-refractivity contribution in [3.63, 3.8) is 0 Å². The molecule has 1 aromatic carbocycles. The molecule has 0 fully saturated rings. The van der Waals surface area contributed by atoms with E-state index in [-0.39, 0.29) is 5.91 Å². The molecule has 1 heterocycles. The Balaban J connectivity index is 2.02. The zero-order chi connectivity index (χ0) is 13.5. The van der Waals surface area contributed by atoms with Crippen molar-refractivity contribution in [2.75, 3.05) is 6.54 Å². The van der Waals surface area contributed by atoms with E-state index < -0.39 is 0 Å². The van der Waals surface area contributed by atoms with E-state index in [0.29, 0.717) is 18.7 Å². The third-order valence-electron chi connectivity index (χ3n) is 2.37. The van der Waals surface area contributed by atoms with Gasteiger partial charge in [0.15, 0.2) is 0 Å². The molecule has 0 spiro atoms. The Hall–Kier alpha value is -2.16. The topological polar surface area (TPSA) is 68.0 Å². The zero-order valence-corrected chi connectivity index (χ0v) is 11.0. The summed E-state index contributed by atoms with van der Waals surface area (Å²) in [6.07, 6.45) is 1.74. The lowest BCUT2D eigenvalue weighted by Gasteiger charge is -2.03. The highest BCUT2D eigenvalue weighted by molar-refractivity contribution is 7.09. The standard InChI is InChI=1S/C14H13N3OS/c15-6-2-4-11-3-1-5-12(7-11)14(18)17-9-13-8-16-10-19-13/h1,3,5,7-8,10H,6,9,15H2,(H,17,18). The summed E-state index contributed by atoms with van der Waals surface area (Å²) in [6.45, 7) is 0.796. The van der Waals surface area contributed by atoms with Gasteiger partial charge in [-0.25, -0.2) is 0 Å².